The molecule has 2 aromatic rings. The van der Waals surface area contributed by atoms with Crippen molar-refractivity contribution in [1.29, 1.82) is 0 Å². The number of hydrogen-bond acceptors (Lipinski definition) is 4. The van der Waals surface area contributed by atoms with E-state index in [0.29, 0.717) is 11.7 Å². The minimum absolute atomic E-state index is 0.0279. The van der Waals surface area contributed by atoms with Crippen molar-refractivity contribution in [2.24, 2.45) is 0 Å². The molecule has 2 saturated heterocycles. The molecule has 124 valence electrons. The van der Waals surface area contributed by atoms with E-state index in [1.54, 1.807) is 6.07 Å². The number of nitrogens with zero attached hydrogens (tertiary/aromatic N) is 4. The van der Waals surface area contributed by atoms with Gasteiger partial charge in [-0.25, -0.2) is 9.50 Å². The standard InChI is InChI=1S/C17H25N5O/c1-12-7-16-18-14(8-17(23)22(16)19-12)9-20-10-15(11-20)21-6-4-3-5-13(21)2/h7-8,13,15,19H,3-6,9-11H2,1-2H3/t13-/m1/s1. The summed E-state index contributed by atoms with van der Waals surface area (Å²) in [6.45, 7) is 8.50. The van der Waals surface area contributed by atoms with Crippen molar-refractivity contribution >= 4 is 5.65 Å². The van der Waals surface area contributed by atoms with Gasteiger partial charge in [0, 0.05) is 49.5 Å². The number of aromatic amines is 1. The van der Waals surface area contributed by atoms with E-state index in [9.17, 15) is 4.79 Å². The predicted molar refractivity (Wildman–Crippen MR) is 89.6 cm³/mol. The van der Waals surface area contributed by atoms with Crippen LogP contribution in [0.1, 0.15) is 37.6 Å². The van der Waals surface area contributed by atoms with E-state index >= 15 is 0 Å². The third-order valence-corrected chi connectivity index (χ3v) is 5.28. The maximum atomic E-state index is 12.1. The fourth-order valence-corrected chi connectivity index (χ4v) is 4.02. The molecule has 6 heteroatoms. The smallest absolute Gasteiger partial charge is 0.272 e. The highest BCUT2D eigenvalue weighted by molar-refractivity contribution is 5.39. The minimum Gasteiger partial charge on any atom is -0.295 e. The molecule has 0 aromatic carbocycles. The summed E-state index contributed by atoms with van der Waals surface area (Å²) in [5.74, 6) is 0. The topological polar surface area (TPSA) is 56.6 Å². The van der Waals surface area contributed by atoms with Gasteiger partial charge in [0.15, 0.2) is 5.65 Å². The fraction of sp³-hybridized carbons (Fsp3) is 0.647. The SMILES string of the molecule is Cc1cc2nc(CN3CC(N4CCCC[C@H]4C)C3)cc(=O)n2[nH]1. The Morgan fingerprint density at radius 3 is 2.91 bits per heavy atom. The third kappa shape index (κ3) is 2.81. The molecule has 0 aliphatic carbocycles. The molecule has 0 saturated carbocycles. The van der Waals surface area contributed by atoms with E-state index in [4.69, 9.17) is 0 Å². The summed E-state index contributed by atoms with van der Waals surface area (Å²) in [4.78, 5) is 21.8. The van der Waals surface area contributed by atoms with E-state index < -0.39 is 0 Å². The molecule has 0 bridgehead atoms. The number of likely N-dealkylation sites (tertiary alicyclic amines) is 2. The van der Waals surface area contributed by atoms with Gasteiger partial charge in [0.05, 0.1) is 5.69 Å². The summed E-state index contributed by atoms with van der Waals surface area (Å²) in [6, 6.07) is 4.97. The van der Waals surface area contributed by atoms with Gasteiger partial charge in [0.2, 0.25) is 0 Å². The van der Waals surface area contributed by atoms with Crippen LogP contribution >= 0.6 is 0 Å². The van der Waals surface area contributed by atoms with Crippen LogP contribution in [0.25, 0.3) is 5.65 Å². The molecule has 4 heterocycles. The molecule has 2 fully saturated rings. The number of rotatable bonds is 3. The zero-order valence-corrected chi connectivity index (χ0v) is 14.0. The van der Waals surface area contributed by atoms with Crippen molar-refractivity contribution in [3.63, 3.8) is 0 Å². The molecule has 0 spiro atoms. The van der Waals surface area contributed by atoms with Crippen molar-refractivity contribution < 1.29 is 0 Å². The van der Waals surface area contributed by atoms with Gasteiger partial charge in [0.25, 0.3) is 5.56 Å². The molecule has 2 aromatic heterocycles. The van der Waals surface area contributed by atoms with Crippen LogP contribution in [0.2, 0.25) is 0 Å². The van der Waals surface area contributed by atoms with Crippen molar-refractivity contribution in [3.8, 4) is 0 Å². The molecular weight excluding hydrogens is 290 g/mol. The summed E-state index contributed by atoms with van der Waals surface area (Å²) >= 11 is 0. The minimum atomic E-state index is -0.0279. The van der Waals surface area contributed by atoms with Gasteiger partial charge in [-0.05, 0) is 33.2 Å². The number of H-pyrrole nitrogens is 1. The average Bonchev–Trinajstić information content (AvgIpc) is 2.85. The lowest BCUT2D eigenvalue weighted by molar-refractivity contribution is -0.00673. The Hall–Kier alpha value is -1.66. The third-order valence-electron chi connectivity index (χ3n) is 5.28. The average molecular weight is 315 g/mol. The molecule has 1 N–H and O–H groups in total. The molecule has 1 atom stereocenters. The highest BCUT2D eigenvalue weighted by Gasteiger charge is 2.35. The van der Waals surface area contributed by atoms with Crippen LogP contribution in [-0.4, -0.2) is 56.1 Å². The van der Waals surface area contributed by atoms with E-state index in [1.165, 1.54) is 30.3 Å². The fourth-order valence-electron chi connectivity index (χ4n) is 4.02. The molecule has 2 aliphatic heterocycles. The zero-order valence-electron chi connectivity index (χ0n) is 14.0. The van der Waals surface area contributed by atoms with Gasteiger partial charge in [-0.15, -0.1) is 0 Å². The zero-order chi connectivity index (χ0) is 16.0. The molecular formula is C17H25N5O. The first-order valence-corrected chi connectivity index (χ1v) is 8.66. The predicted octanol–water partition coefficient (Wildman–Crippen LogP) is 1.39. The van der Waals surface area contributed by atoms with E-state index in [1.807, 2.05) is 13.0 Å². The van der Waals surface area contributed by atoms with Gasteiger partial charge in [-0.3, -0.25) is 19.7 Å². The quantitative estimate of drug-likeness (QED) is 0.930. The van der Waals surface area contributed by atoms with Crippen LogP contribution < -0.4 is 5.56 Å². The number of fused-ring (bicyclic) bond motifs is 1. The van der Waals surface area contributed by atoms with Crippen LogP contribution in [0.3, 0.4) is 0 Å². The van der Waals surface area contributed by atoms with Crippen LogP contribution in [-0.2, 0) is 6.54 Å². The van der Waals surface area contributed by atoms with Crippen LogP contribution in [0.5, 0.6) is 0 Å². The lowest BCUT2D eigenvalue weighted by atomic mass is 9.97. The Labute approximate surface area is 136 Å². The van der Waals surface area contributed by atoms with Crippen molar-refractivity contribution in [2.75, 3.05) is 19.6 Å². The lowest BCUT2D eigenvalue weighted by Crippen LogP contribution is -2.61. The van der Waals surface area contributed by atoms with Crippen molar-refractivity contribution in [1.82, 2.24) is 24.4 Å². The van der Waals surface area contributed by atoms with Crippen LogP contribution in [0.15, 0.2) is 16.9 Å². The van der Waals surface area contributed by atoms with Crippen LogP contribution in [0.4, 0.5) is 0 Å². The van der Waals surface area contributed by atoms with Gasteiger partial charge in [-0.1, -0.05) is 6.42 Å². The van der Waals surface area contributed by atoms with E-state index in [2.05, 4.69) is 26.8 Å². The molecule has 2 aliphatic rings. The van der Waals surface area contributed by atoms with Gasteiger partial charge in [-0.2, -0.15) is 0 Å². The van der Waals surface area contributed by atoms with E-state index in [-0.39, 0.29) is 5.56 Å². The summed E-state index contributed by atoms with van der Waals surface area (Å²) in [7, 11) is 0. The first-order chi connectivity index (χ1) is 11.1. The molecule has 0 unspecified atom stereocenters. The molecule has 23 heavy (non-hydrogen) atoms. The Kier molecular flexibility index (Phi) is 3.73. The molecule has 6 nitrogen and oxygen atoms in total. The normalized spacial score (nSPS) is 24.2. The largest absolute Gasteiger partial charge is 0.295 e. The number of hydrogen-bond donors (Lipinski definition) is 1. The summed E-state index contributed by atoms with van der Waals surface area (Å²) in [5, 5.41) is 3.01. The molecule has 0 amide bonds. The van der Waals surface area contributed by atoms with Gasteiger partial charge >= 0.3 is 0 Å². The highest BCUT2D eigenvalue weighted by Crippen LogP contribution is 2.25. The molecule has 0 radical (unpaired) electrons. The van der Waals surface area contributed by atoms with Gasteiger partial charge < -0.3 is 0 Å². The summed E-state index contributed by atoms with van der Waals surface area (Å²) in [6.07, 6.45) is 4.04. The summed E-state index contributed by atoms with van der Waals surface area (Å²) < 4.78 is 1.51. The number of piperidine rings is 1. The number of nitrogens with one attached hydrogen (secondary N) is 1. The second-order valence-corrected chi connectivity index (χ2v) is 7.15. The highest BCUT2D eigenvalue weighted by atomic mass is 16.1. The van der Waals surface area contributed by atoms with Crippen molar-refractivity contribution in [3.05, 3.63) is 33.9 Å². The van der Waals surface area contributed by atoms with E-state index in [0.717, 1.165) is 37.1 Å². The number of aryl methyl sites for hydroxylation is 1. The maximum absolute atomic E-state index is 12.1. The van der Waals surface area contributed by atoms with Crippen LogP contribution in [0, 0.1) is 6.92 Å². The Morgan fingerprint density at radius 1 is 1.30 bits per heavy atom. The Morgan fingerprint density at radius 2 is 2.13 bits per heavy atom. The number of aromatic nitrogens is 3. The van der Waals surface area contributed by atoms with Crippen molar-refractivity contribution in [2.45, 2.75) is 51.7 Å². The first kappa shape index (κ1) is 14.9. The van der Waals surface area contributed by atoms with Gasteiger partial charge in [0.1, 0.15) is 0 Å². The first-order valence-electron chi connectivity index (χ1n) is 8.66. The monoisotopic (exact) mass is 315 g/mol. The lowest BCUT2D eigenvalue weighted by Gasteiger charge is -2.49. The maximum Gasteiger partial charge on any atom is 0.272 e. The molecule has 4 rings (SSSR count). The Balaban J connectivity index is 1.41. The second kappa shape index (κ2) is 5.76. The second-order valence-electron chi connectivity index (χ2n) is 7.15. The Bertz CT molecular complexity index is 758. The summed E-state index contributed by atoms with van der Waals surface area (Å²) in [5.41, 5.74) is 2.51.